The van der Waals surface area contributed by atoms with Gasteiger partial charge < -0.3 is 4.90 Å². The standard InChI is InChI=1S/C18H22N4O2S2/c23-22(24)17-5-1-14(2-6-17)13-19-15-3-7-16(8-4-15)20-9-11-21(12-10-20)18(25)26/h1-8,13,18,23-26H,9-12H2. The molecule has 0 aliphatic carbocycles. The van der Waals surface area contributed by atoms with Gasteiger partial charge in [0.25, 0.3) is 0 Å². The zero-order valence-corrected chi connectivity index (χ0v) is 16.0. The number of piperazine rings is 1. The van der Waals surface area contributed by atoms with Crippen molar-refractivity contribution >= 4 is 48.5 Å². The van der Waals surface area contributed by atoms with Crippen LogP contribution in [0.15, 0.2) is 53.5 Å². The molecular weight excluding hydrogens is 368 g/mol. The number of nitrogens with zero attached hydrogens (tertiary/aromatic N) is 4. The Morgan fingerprint density at radius 3 is 2.08 bits per heavy atom. The van der Waals surface area contributed by atoms with Gasteiger partial charge in [-0.25, -0.2) is 0 Å². The first kappa shape index (κ1) is 19.1. The fraction of sp³-hybridized carbons (Fsp3) is 0.278. The number of benzene rings is 2. The van der Waals surface area contributed by atoms with Crippen LogP contribution in [0.3, 0.4) is 0 Å². The second-order valence-electron chi connectivity index (χ2n) is 6.02. The lowest BCUT2D eigenvalue weighted by molar-refractivity contribution is 0.0291. The van der Waals surface area contributed by atoms with Crippen LogP contribution in [-0.2, 0) is 0 Å². The van der Waals surface area contributed by atoms with Crippen LogP contribution in [0.4, 0.5) is 17.1 Å². The molecular formula is C18H22N4O2S2. The molecule has 0 aromatic heterocycles. The second-order valence-corrected chi connectivity index (χ2v) is 7.41. The van der Waals surface area contributed by atoms with Gasteiger partial charge in [-0.3, -0.25) is 20.3 Å². The smallest absolute Gasteiger partial charge is 0.0970 e. The average molecular weight is 391 g/mol. The van der Waals surface area contributed by atoms with Crippen molar-refractivity contribution < 1.29 is 10.4 Å². The van der Waals surface area contributed by atoms with Gasteiger partial charge >= 0.3 is 0 Å². The van der Waals surface area contributed by atoms with Crippen molar-refractivity contribution in [3.8, 4) is 0 Å². The summed E-state index contributed by atoms with van der Waals surface area (Å²) >= 11 is 8.74. The summed E-state index contributed by atoms with van der Waals surface area (Å²) in [6, 6.07) is 14.9. The van der Waals surface area contributed by atoms with Crippen molar-refractivity contribution in [1.82, 2.24) is 4.90 Å². The topological polar surface area (TPSA) is 62.5 Å². The number of hydrogen-bond acceptors (Lipinski definition) is 8. The van der Waals surface area contributed by atoms with Crippen LogP contribution in [0.2, 0.25) is 0 Å². The Morgan fingerprint density at radius 1 is 0.923 bits per heavy atom. The fourth-order valence-electron chi connectivity index (χ4n) is 2.80. The maximum atomic E-state index is 8.94. The molecule has 2 aromatic rings. The molecule has 6 nitrogen and oxygen atoms in total. The summed E-state index contributed by atoms with van der Waals surface area (Å²) in [4.78, 5) is 9.05. The maximum absolute atomic E-state index is 8.94. The molecule has 0 saturated carbocycles. The molecule has 2 N–H and O–H groups in total. The van der Waals surface area contributed by atoms with E-state index < -0.39 is 0 Å². The minimum Gasteiger partial charge on any atom is -0.369 e. The highest BCUT2D eigenvalue weighted by Crippen LogP contribution is 2.22. The summed E-state index contributed by atoms with van der Waals surface area (Å²) in [5, 5.41) is 18.0. The van der Waals surface area contributed by atoms with E-state index in [2.05, 4.69) is 52.2 Å². The summed E-state index contributed by atoms with van der Waals surface area (Å²) in [5.74, 6) is 0. The minimum absolute atomic E-state index is 0.000702. The van der Waals surface area contributed by atoms with E-state index in [-0.39, 0.29) is 9.93 Å². The van der Waals surface area contributed by atoms with Gasteiger partial charge in [0, 0.05) is 38.1 Å². The molecule has 8 heteroatoms. The molecule has 3 rings (SSSR count). The van der Waals surface area contributed by atoms with Crippen LogP contribution >= 0.6 is 25.3 Å². The van der Waals surface area contributed by atoms with Crippen molar-refractivity contribution in [3.05, 3.63) is 54.1 Å². The molecule has 0 bridgehead atoms. The molecule has 1 saturated heterocycles. The first-order valence-electron chi connectivity index (χ1n) is 8.30. The largest absolute Gasteiger partial charge is 0.369 e. The Labute approximate surface area is 164 Å². The normalized spacial score (nSPS) is 15.8. The van der Waals surface area contributed by atoms with Crippen LogP contribution in [0.1, 0.15) is 5.56 Å². The van der Waals surface area contributed by atoms with Crippen molar-refractivity contribution in [3.63, 3.8) is 0 Å². The van der Waals surface area contributed by atoms with Crippen LogP contribution in [0.25, 0.3) is 0 Å². The van der Waals surface area contributed by atoms with E-state index in [0.717, 1.165) is 37.4 Å². The van der Waals surface area contributed by atoms with E-state index in [1.54, 1.807) is 30.5 Å². The molecule has 1 aliphatic rings. The molecule has 0 spiro atoms. The Bertz CT molecular complexity index is 728. The van der Waals surface area contributed by atoms with Crippen LogP contribution < -0.4 is 10.1 Å². The molecule has 1 fully saturated rings. The summed E-state index contributed by atoms with van der Waals surface area (Å²) in [5.41, 5.74) is 3.24. The Hall–Kier alpha value is -1.71. The summed E-state index contributed by atoms with van der Waals surface area (Å²) in [6.45, 7) is 3.82. The van der Waals surface area contributed by atoms with E-state index in [9.17, 15) is 0 Å². The van der Waals surface area contributed by atoms with E-state index >= 15 is 0 Å². The van der Waals surface area contributed by atoms with E-state index in [1.807, 2.05) is 12.1 Å². The fourth-order valence-corrected chi connectivity index (χ4v) is 3.27. The third kappa shape index (κ3) is 4.93. The first-order chi connectivity index (χ1) is 12.5. The van der Waals surface area contributed by atoms with E-state index in [0.29, 0.717) is 5.69 Å². The minimum atomic E-state index is 0.000702. The number of thiol groups is 2. The molecule has 26 heavy (non-hydrogen) atoms. The summed E-state index contributed by atoms with van der Waals surface area (Å²) in [7, 11) is 0. The molecule has 0 atom stereocenters. The Balaban J connectivity index is 1.59. The molecule has 1 heterocycles. The van der Waals surface area contributed by atoms with Crippen LogP contribution in [0.5, 0.6) is 0 Å². The number of anilines is 2. The lowest BCUT2D eigenvalue weighted by atomic mass is 10.2. The van der Waals surface area contributed by atoms with Crippen molar-refractivity contribution in [2.75, 3.05) is 36.3 Å². The van der Waals surface area contributed by atoms with Gasteiger partial charge in [0.15, 0.2) is 0 Å². The lowest BCUT2D eigenvalue weighted by Gasteiger charge is -2.37. The number of hydrogen-bond donors (Lipinski definition) is 4. The molecule has 0 amide bonds. The Morgan fingerprint density at radius 2 is 1.54 bits per heavy atom. The highest BCUT2D eigenvalue weighted by atomic mass is 32.2. The van der Waals surface area contributed by atoms with E-state index in [4.69, 9.17) is 10.4 Å². The SMILES string of the molecule is ON(O)c1ccc(C=Nc2ccc(N3CCN(C(S)S)CC3)cc2)cc1. The predicted octanol–water partition coefficient (Wildman–Crippen LogP) is 3.29. The highest BCUT2D eigenvalue weighted by Gasteiger charge is 2.19. The molecule has 0 radical (unpaired) electrons. The molecule has 1 aliphatic heterocycles. The van der Waals surface area contributed by atoms with E-state index in [1.165, 1.54) is 5.69 Å². The molecule has 138 valence electrons. The third-order valence-corrected chi connectivity index (χ3v) is 5.00. The van der Waals surface area contributed by atoms with Gasteiger partial charge in [0.2, 0.25) is 0 Å². The van der Waals surface area contributed by atoms with Gasteiger partial charge in [-0.15, -0.1) is 30.5 Å². The highest BCUT2D eigenvalue weighted by molar-refractivity contribution is 7.99. The van der Waals surface area contributed by atoms with Crippen LogP contribution in [0, 0.1) is 0 Å². The lowest BCUT2D eigenvalue weighted by Crippen LogP contribution is -2.47. The third-order valence-electron chi connectivity index (χ3n) is 4.34. The first-order valence-corrected chi connectivity index (χ1v) is 9.33. The van der Waals surface area contributed by atoms with Gasteiger partial charge in [-0.05, 0) is 42.0 Å². The van der Waals surface area contributed by atoms with Crippen molar-refractivity contribution in [1.29, 1.82) is 0 Å². The Kier molecular flexibility index (Phi) is 6.44. The predicted molar refractivity (Wildman–Crippen MR) is 112 cm³/mol. The number of aliphatic imine (C=N–C) groups is 1. The average Bonchev–Trinajstić information content (AvgIpc) is 2.67. The van der Waals surface area contributed by atoms with Gasteiger partial charge in [0.1, 0.15) is 0 Å². The van der Waals surface area contributed by atoms with Gasteiger partial charge in [-0.2, -0.15) is 0 Å². The second kappa shape index (κ2) is 8.79. The zero-order valence-electron chi connectivity index (χ0n) is 14.2. The van der Waals surface area contributed by atoms with Crippen molar-refractivity contribution in [2.45, 2.75) is 4.71 Å². The quantitative estimate of drug-likeness (QED) is 0.273. The van der Waals surface area contributed by atoms with Gasteiger partial charge in [0.05, 0.1) is 16.1 Å². The molecule has 0 unspecified atom stereocenters. The number of rotatable bonds is 5. The molecule has 2 aromatic carbocycles. The zero-order chi connectivity index (χ0) is 18.5. The van der Waals surface area contributed by atoms with Crippen molar-refractivity contribution in [2.24, 2.45) is 4.99 Å². The van der Waals surface area contributed by atoms with Crippen LogP contribution in [-0.4, -0.2) is 52.4 Å². The summed E-state index contributed by atoms with van der Waals surface area (Å²) < 4.78 is 0.000702. The summed E-state index contributed by atoms with van der Waals surface area (Å²) in [6.07, 6.45) is 1.75. The monoisotopic (exact) mass is 390 g/mol. The van der Waals surface area contributed by atoms with Gasteiger partial charge in [-0.1, -0.05) is 12.1 Å². The maximum Gasteiger partial charge on any atom is 0.0970 e.